The third-order valence-corrected chi connectivity index (χ3v) is 5.53. The molecular formula is C22H24ClFN4O3. The fourth-order valence-electron chi connectivity index (χ4n) is 3.61. The number of carbonyl (C=O) groups is 1. The Morgan fingerprint density at radius 2 is 2.26 bits per heavy atom. The zero-order valence-corrected chi connectivity index (χ0v) is 18.0. The maximum atomic E-state index is 13.3. The van der Waals surface area contributed by atoms with Crippen molar-refractivity contribution < 1.29 is 18.7 Å². The summed E-state index contributed by atoms with van der Waals surface area (Å²) in [5.74, 6) is -0.124. The number of nitrogens with zero attached hydrogens (tertiary/aromatic N) is 3. The maximum Gasteiger partial charge on any atom is 0.170 e. The summed E-state index contributed by atoms with van der Waals surface area (Å²) in [6, 6.07) is 5.82. The number of fused-ring (bicyclic) bond motifs is 1. The average Bonchev–Trinajstić information content (AvgIpc) is 2.75. The summed E-state index contributed by atoms with van der Waals surface area (Å²) < 4.78 is 24.7. The van der Waals surface area contributed by atoms with Crippen molar-refractivity contribution in [3.8, 4) is 5.75 Å². The van der Waals surface area contributed by atoms with Gasteiger partial charge in [0.2, 0.25) is 0 Å². The van der Waals surface area contributed by atoms with E-state index in [9.17, 15) is 9.18 Å². The van der Waals surface area contributed by atoms with Crippen LogP contribution in [0.15, 0.2) is 35.5 Å². The summed E-state index contributed by atoms with van der Waals surface area (Å²) in [4.78, 5) is 23.9. The van der Waals surface area contributed by atoms with Crippen LogP contribution in [0, 0.1) is 5.82 Å². The van der Waals surface area contributed by atoms with E-state index in [1.807, 2.05) is 0 Å². The van der Waals surface area contributed by atoms with Crippen molar-refractivity contribution in [1.82, 2.24) is 15.2 Å². The van der Waals surface area contributed by atoms with E-state index < -0.39 is 5.82 Å². The van der Waals surface area contributed by atoms with E-state index in [0.717, 1.165) is 19.7 Å². The van der Waals surface area contributed by atoms with Gasteiger partial charge in [0.25, 0.3) is 0 Å². The highest BCUT2D eigenvalue weighted by Crippen LogP contribution is 2.29. The number of hydrogen-bond donors (Lipinski definition) is 1. The van der Waals surface area contributed by atoms with Crippen molar-refractivity contribution in [2.24, 2.45) is 4.99 Å². The number of nitrogens with one attached hydrogen (secondary N) is 1. The lowest BCUT2D eigenvalue weighted by molar-refractivity contribution is -0.0182. The number of hydrogen-bond acceptors (Lipinski definition) is 7. The van der Waals surface area contributed by atoms with Crippen LogP contribution in [-0.2, 0) is 11.3 Å². The van der Waals surface area contributed by atoms with Crippen LogP contribution in [0.5, 0.6) is 5.75 Å². The van der Waals surface area contributed by atoms with E-state index >= 15 is 0 Å². The summed E-state index contributed by atoms with van der Waals surface area (Å²) in [6.07, 6.45) is 1.92. The summed E-state index contributed by atoms with van der Waals surface area (Å²) in [6.45, 7) is 3.81. The van der Waals surface area contributed by atoms with Gasteiger partial charge in [-0.2, -0.15) is 0 Å². The summed E-state index contributed by atoms with van der Waals surface area (Å²) in [5, 5.41) is 3.35. The van der Waals surface area contributed by atoms with Gasteiger partial charge in [-0.25, -0.2) is 4.39 Å². The number of ketones is 1. The van der Waals surface area contributed by atoms with Crippen molar-refractivity contribution in [2.45, 2.75) is 19.1 Å². The normalized spacial score (nSPS) is 19.1. The molecule has 1 unspecified atom stereocenters. The fourth-order valence-corrected chi connectivity index (χ4v) is 3.78. The van der Waals surface area contributed by atoms with E-state index in [1.165, 1.54) is 18.2 Å². The minimum absolute atomic E-state index is 0.0183. The number of ether oxygens (including phenoxy) is 2. The van der Waals surface area contributed by atoms with Crippen LogP contribution in [-0.4, -0.2) is 67.4 Å². The van der Waals surface area contributed by atoms with Gasteiger partial charge < -0.3 is 19.7 Å². The van der Waals surface area contributed by atoms with Crippen molar-refractivity contribution in [2.75, 3.05) is 39.9 Å². The van der Waals surface area contributed by atoms with Gasteiger partial charge in [-0.1, -0.05) is 11.6 Å². The largest absolute Gasteiger partial charge is 0.488 e. The Bertz CT molecular complexity index is 1000. The van der Waals surface area contributed by atoms with Crippen LogP contribution < -0.4 is 10.1 Å². The Morgan fingerprint density at radius 1 is 1.39 bits per heavy atom. The predicted molar refractivity (Wildman–Crippen MR) is 116 cm³/mol. The van der Waals surface area contributed by atoms with Gasteiger partial charge in [0.05, 0.1) is 41.2 Å². The molecule has 7 nitrogen and oxygen atoms in total. The van der Waals surface area contributed by atoms with Crippen molar-refractivity contribution in [3.63, 3.8) is 0 Å². The SMILES string of the molecule is CN1CCOC(CNCc2nccc3c2N=C(COc2ccc(F)c(Cl)c2)CC3=O)C1. The number of carbonyl (C=O) groups excluding carboxylic acids is 1. The number of halogens is 2. The number of Topliss-reactive ketones (excluding diaryl/α,β-unsaturated/α-hetero) is 1. The lowest BCUT2D eigenvalue weighted by atomic mass is 10.00. The Kier molecular flexibility index (Phi) is 6.92. The monoisotopic (exact) mass is 446 g/mol. The molecule has 0 aliphatic carbocycles. The lowest BCUT2D eigenvalue weighted by Gasteiger charge is -2.30. The van der Waals surface area contributed by atoms with E-state index in [-0.39, 0.29) is 29.9 Å². The Morgan fingerprint density at radius 3 is 3.06 bits per heavy atom. The molecule has 0 bridgehead atoms. The molecule has 0 amide bonds. The quantitative estimate of drug-likeness (QED) is 0.704. The topological polar surface area (TPSA) is 76.1 Å². The molecule has 1 aromatic heterocycles. The standard InChI is InChI=1S/C22H24ClFN4O3/c1-28-6-7-30-16(12-28)10-25-11-20-22-17(4-5-26-20)21(29)8-14(27-22)13-31-15-2-3-19(24)18(23)9-15/h2-5,9,16,25H,6-8,10-13H2,1H3. The third-order valence-electron chi connectivity index (χ3n) is 5.24. The second-order valence-corrected chi connectivity index (χ2v) is 8.09. The molecule has 9 heteroatoms. The second-order valence-electron chi connectivity index (χ2n) is 7.68. The fraction of sp³-hybridized carbons (Fsp3) is 0.409. The molecule has 2 aromatic rings. The van der Waals surface area contributed by atoms with Crippen molar-refractivity contribution in [3.05, 3.63) is 52.6 Å². The molecule has 1 aromatic carbocycles. The van der Waals surface area contributed by atoms with Crippen molar-refractivity contribution in [1.29, 1.82) is 0 Å². The molecule has 1 fully saturated rings. The molecule has 164 valence electrons. The van der Waals surface area contributed by atoms with Gasteiger partial charge in [-0.15, -0.1) is 0 Å². The Labute approximate surface area is 185 Å². The van der Waals surface area contributed by atoms with Crippen LogP contribution in [0.25, 0.3) is 0 Å². The molecule has 31 heavy (non-hydrogen) atoms. The first-order valence-corrected chi connectivity index (χ1v) is 10.5. The van der Waals surface area contributed by atoms with Crippen LogP contribution in [0.4, 0.5) is 10.1 Å². The average molecular weight is 447 g/mol. The zero-order valence-electron chi connectivity index (χ0n) is 17.2. The first-order chi connectivity index (χ1) is 15.0. The lowest BCUT2D eigenvalue weighted by Crippen LogP contribution is -2.44. The summed E-state index contributed by atoms with van der Waals surface area (Å²) in [7, 11) is 2.08. The number of rotatable bonds is 7. The van der Waals surface area contributed by atoms with Gasteiger partial charge in [0.15, 0.2) is 5.78 Å². The molecular weight excluding hydrogens is 423 g/mol. The number of aromatic nitrogens is 1. The van der Waals surface area contributed by atoms with Crippen LogP contribution in [0.2, 0.25) is 5.02 Å². The zero-order chi connectivity index (χ0) is 21.8. The molecule has 1 atom stereocenters. The van der Waals surface area contributed by atoms with E-state index in [2.05, 4.69) is 27.2 Å². The first-order valence-electron chi connectivity index (χ1n) is 10.2. The number of pyridine rings is 1. The molecule has 1 saturated heterocycles. The molecule has 0 spiro atoms. The highest BCUT2D eigenvalue weighted by atomic mass is 35.5. The van der Waals surface area contributed by atoms with Gasteiger partial charge in [-0.05, 0) is 25.2 Å². The van der Waals surface area contributed by atoms with Crippen LogP contribution in [0.1, 0.15) is 22.5 Å². The summed E-state index contributed by atoms with van der Waals surface area (Å²) >= 11 is 5.79. The van der Waals surface area contributed by atoms with Crippen molar-refractivity contribution >= 4 is 28.8 Å². The van der Waals surface area contributed by atoms with E-state index in [0.29, 0.717) is 41.5 Å². The number of benzene rings is 1. The maximum absolute atomic E-state index is 13.3. The van der Waals surface area contributed by atoms with Gasteiger partial charge in [0.1, 0.15) is 18.2 Å². The number of aliphatic imine (C=N–C) groups is 1. The highest BCUT2D eigenvalue weighted by Gasteiger charge is 2.24. The number of likely N-dealkylation sites (N-methyl/N-ethyl adjacent to an activating group) is 1. The number of morpholine rings is 1. The first kappa shape index (κ1) is 21.8. The molecule has 2 aliphatic heterocycles. The van der Waals surface area contributed by atoms with Crippen LogP contribution in [0.3, 0.4) is 0 Å². The molecule has 4 rings (SSSR count). The smallest absolute Gasteiger partial charge is 0.170 e. The minimum Gasteiger partial charge on any atom is -0.488 e. The molecule has 1 N–H and O–H groups in total. The highest BCUT2D eigenvalue weighted by molar-refractivity contribution is 6.30. The second kappa shape index (κ2) is 9.82. The van der Waals surface area contributed by atoms with E-state index in [4.69, 9.17) is 21.1 Å². The Balaban J connectivity index is 1.42. The van der Waals surface area contributed by atoms with Crippen LogP contribution >= 0.6 is 11.6 Å². The molecule has 3 heterocycles. The summed E-state index contributed by atoms with van der Waals surface area (Å²) in [5.41, 5.74) is 2.43. The van der Waals surface area contributed by atoms with Gasteiger partial charge in [0, 0.05) is 44.0 Å². The molecule has 2 aliphatic rings. The Hall–Kier alpha value is -2.39. The minimum atomic E-state index is -0.512. The van der Waals surface area contributed by atoms with Gasteiger partial charge in [-0.3, -0.25) is 14.8 Å². The molecule has 0 saturated carbocycles. The predicted octanol–water partition coefficient (Wildman–Crippen LogP) is 3.03. The van der Waals surface area contributed by atoms with Gasteiger partial charge >= 0.3 is 0 Å². The molecule has 0 radical (unpaired) electrons. The van der Waals surface area contributed by atoms with E-state index in [1.54, 1.807) is 12.3 Å². The third kappa shape index (κ3) is 5.46.